The lowest BCUT2D eigenvalue weighted by atomic mass is 9.84. The van der Waals surface area contributed by atoms with Gasteiger partial charge in [0, 0.05) is 28.8 Å². The molecule has 338 valence electrons. The maximum atomic E-state index is 16.6. The first-order valence-electron chi connectivity index (χ1n) is 22.0. The van der Waals surface area contributed by atoms with Crippen molar-refractivity contribution in [2.75, 3.05) is 13.2 Å². The van der Waals surface area contributed by atoms with Crippen molar-refractivity contribution >= 4 is 52.6 Å². The molecule has 1 spiro atoms. The van der Waals surface area contributed by atoms with Gasteiger partial charge >= 0.3 is 13.5 Å². The van der Waals surface area contributed by atoms with Crippen LogP contribution in [0.5, 0.6) is 5.75 Å². The lowest BCUT2D eigenvalue weighted by Gasteiger charge is -2.37. The van der Waals surface area contributed by atoms with Gasteiger partial charge in [-0.2, -0.15) is 5.26 Å². The fourth-order valence-corrected chi connectivity index (χ4v) is 12.6. The van der Waals surface area contributed by atoms with E-state index in [1.807, 2.05) is 6.92 Å². The van der Waals surface area contributed by atoms with Crippen molar-refractivity contribution in [3.63, 3.8) is 0 Å². The predicted octanol–water partition coefficient (Wildman–Crippen LogP) is 9.34. The highest BCUT2D eigenvalue weighted by Gasteiger charge is 2.64. The fourth-order valence-electron chi connectivity index (χ4n) is 9.74. The first-order valence-corrected chi connectivity index (χ1v) is 24.5. The van der Waals surface area contributed by atoms with Crippen LogP contribution in [0.2, 0.25) is 0 Å². The molecule has 0 radical (unpaired) electrons. The Labute approximate surface area is 374 Å². The molecule has 2 N–H and O–H groups in total. The molecule has 4 aliphatic rings. The van der Waals surface area contributed by atoms with Crippen molar-refractivity contribution in [3.8, 4) is 11.8 Å². The normalized spacial score (nSPS) is 24.6. The highest BCUT2D eigenvalue weighted by atomic mass is 32.1. The van der Waals surface area contributed by atoms with Crippen molar-refractivity contribution in [2.24, 2.45) is 5.92 Å². The van der Waals surface area contributed by atoms with Crippen molar-refractivity contribution in [2.45, 2.75) is 120 Å². The fraction of sp³-hybridized carbons (Fsp3) is 0.468. The van der Waals surface area contributed by atoms with Gasteiger partial charge in [-0.3, -0.25) is 23.7 Å². The molecule has 64 heavy (non-hydrogen) atoms. The first-order chi connectivity index (χ1) is 30.8. The number of amides is 3. The Balaban J connectivity index is 0.991. The van der Waals surface area contributed by atoms with Gasteiger partial charge in [0.05, 0.1) is 29.0 Å². The number of hydrogen-bond donors (Lipinski definition) is 2. The smallest absolute Gasteiger partial charge is 0.355 e. The summed E-state index contributed by atoms with van der Waals surface area (Å²) in [5.74, 6) is -4.96. The zero-order valence-corrected chi connectivity index (χ0v) is 37.3. The third-order valence-corrected chi connectivity index (χ3v) is 16.3. The number of halogens is 3. The number of benzene rings is 3. The van der Waals surface area contributed by atoms with Crippen LogP contribution in [-0.2, 0) is 23.7 Å². The molecule has 17 heteroatoms. The number of alkyl halides is 3. The topological polar surface area (TPSA) is 158 Å². The van der Waals surface area contributed by atoms with E-state index in [1.54, 1.807) is 52.3 Å². The summed E-state index contributed by atoms with van der Waals surface area (Å²) in [5.41, 5.74) is -0.281. The Bertz CT molecular complexity index is 2500. The number of rotatable bonds is 14. The van der Waals surface area contributed by atoms with E-state index in [9.17, 15) is 37.8 Å². The number of thiophene rings is 1. The van der Waals surface area contributed by atoms with Crippen LogP contribution in [0.4, 0.5) is 13.2 Å². The maximum absolute atomic E-state index is 16.6. The van der Waals surface area contributed by atoms with Gasteiger partial charge in [0.2, 0.25) is 17.7 Å². The summed E-state index contributed by atoms with van der Waals surface area (Å²) >= 11 is 1.14. The zero-order valence-electron chi connectivity index (χ0n) is 35.6. The minimum Gasteiger partial charge on any atom is -0.465 e. The third kappa shape index (κ3) is 8.91. The summed E-state index contributed by atoms with van der Waals surface area (Å²) < 4.78 is 69.9. The van der Waals surface area contributed by atoms with E-state index in [0.717, 1.165) is 17.8 Å². The van der Waals surface area contributed by atoms with E-state index in [-0.39, 0.29) is 52.8 Å². The lowest BCUT2D eigenvalue weighted by molar-refractivity contribution is -0.148. The first kappa shape index (κ1) is 45.3. The molecule has 1 unspecified atom stereocenters. The van der Waals surface area contributed by atoms with E-state index in [4.69, 9.17) is 9.26 Å². The summed E-state index contributed by atoms with van der Waals surface area (Å²) in [6, 6.07) is 19.5. The zero-order chi connectivity index (χ0) is 45.3. The van der Waals surface area contributed by atoms with Gasteiger partial charge in [0.15, 0.2) is 0 Å². The van der Waals surface area contributed by atoms with Crippen LogP contribution in [0, 0.1) is 17.2 Å². The number of carbonyl (C=O) groups is 4. The Kier molecular flexibility index (Phi) is 13.3. The molecule has 4 heterocycles. The second kappa shape index (κ2) is 18.7. The molecule has 4 fully saturated rings. The highest BCUT2D eigenvalue weighted by Crippen LogP contribution is 2.59. The molecule has 3 aromatic carbocycles. The standard InChI is InChI=1S/C47H51F3N5O7PS/c1-3-22-61-46(59)28(2)53-63(60,62-34-13-5-4-6-14-34)42(50)31-16-19-39-32(24-31)25-40(64-39)43(56)52-37-15-8-7-12-33-17-18-38(55(33)44(37)57)45(58)54-27-35(36(26-51)47(54)20-21-47)29-10-9-11-30(23-29)41(48)49/h4-6,9-11,13-14,16,19,23-25,28,33,35-38,41-42H,3,7-8,12,15,17-18,20-22,27H2,1-2H3,(H,52,56)(H,53,60)/t28-,33-,35+,36+,37-,38-,42+,63?/m0/s1. The third-order valence-electron chi connectivity index (χ3n) is 13.1. The molecule has 1 aromatic heterocycles. The number of nitrogens with one attached hydrogen (secondary N) is 2. The minimum absolute atomic E-state index is 0.0100. The Morgan fingerprint density at radius 3 is 2.45 bits per heavy atom. The summed E-state index contributed by atoms with van der Waals surface area (Å²) in [5, 5.41) is 16.4. The maximum Gasteiger partial charge on any atom is 0.355 e. The van der Waals surface area contributed by atoms with Gasteiger partial charge in [-0.1, -0.05) is 62.2 Å². The molecule has 3 aliphatic heterocycles. The number of para-hydroxylation sites is 1. The van der Waals surface area contributed by atoms with Crippen LogP contribution in [0.25, 0.3) is 10.1 Å². The summed E-state index contributed by atoms with van der Waals surface area (Å²) in [7, 11) is -4.49. The van der Waals surface area contributed by atoms with E-state index in [2.05, 4.69) is 16.5 Å². The largest absolute Gasteiger partial charge is 0.465 e. The molecular formula is C47H51F3N5O7PS. The lowest BCUT2D eigenvalue weighted by Crippen LogP contribution is -2.57. The SMILES string of the molecule is CCCOC(=O)[C@H](C)NP(=O)(Oc1ccccc1)[C@@H](F)c1ccc2sc(C(=O)N[C@H]3CCCC[C@H]4CC[C@@H](C(=O)N5C[C@H](c6cccc(C(F)F)c6)[C@@H](C#N)C56CC6)N4C3=O)cc2c1. The van der Waals surface area contributed by atoms with Crippen LogP contribution in [0.3, 0.4) is 0 Å². The number of ether oxygens (including phenoxy) is 1. The monoisotopic (exact) mass is 917 g/mol. The Hall–Kier alpha value is -5.23. The molecule has 3 saturated heterocycles. The molecule has 8 atom stereocenters. The summed E-state index contributed by atoms with van der Waals surface area (Å²) in [6.45, 7) is 3.57. The van der Waals surface area contributed by atoms with Crippen LogP contribution < -0.4 is 14.9 Å². The van der Waals surface area contributed by atoms with Crippen molar-refractivity contribution < 1.29 is 46.2 Å². The van der Waals surface area contributed by atoms with Gasteiger partial charge in [-0.25, -0.2) is 18.3 Å². The number of esters is 1. The quantitative estimate of drug-likeness (QED) is 0.0929. The molecule has 12 nitrogen and oxygen atoms in total. The van der Waals surface area contributed by atoms with E-state index in [0.29, 0.717) is 67.0 Å². The van der Waals surface area contributed by atoms with E-state index < -0.39 is 67.2 Å². The van der Waals surface area contributed by atoms with Gasteiger partial charge < -0.3 is 24.4 Å². The van der Waals surface area contributed by atoms with Gasteiger partial charge in [0.25, 0.3) is 12.3 Å². The number of hydrogen-bond acceptors (Lipinski definition) is 9. The molecule has 0 bridgehead atoms. The van der Waals surface area contributed by atoms with Gasteiger partial charge in [-0.15, -0.1) is 11.3 Å². The van der Waals surface area contributed by atoms with Crippen LogP contribution in [0.15, 0.2) is 78.9 Å². The molecule has 8 rings (SSSR count). The highest BCUT2D eigenvalue weighted by molar-refractivity contribution is 7.57. The second-order valence-corrected chi connectivity index (χ2v) is 20.5. The van der Waals surface area contributed by atoms with Crippen LogP contribution in [0.1, 0.15) is 116 Å². The van der Waals surface area contributed by atoms with Crippen LogP contribution in [-0.4, -0.2) is 76.3 Å². The Morgan fingerprint density at radius 1 is 0.969 bits per heavy atom. The average molecular weight is 918 g/mol. The molecule has 4 aromatic rings. The number of fused-ring (bicyclic) bond motifs is 2. The molecule has 3 amide bonds. The van der Waals surface area contributed by atoms with Crippen molar-refractivity contribution in [1.82, 2.24) is 20.2 Å². The number of carbonyl (C=O) groups excluding carboxylic acids is 4. The molecule has 1 aliphatic carbocycles. The van der Waals surface area contributed by atoms with Gasteiger partial charge in [-0.05, 0) is 105 Å². The van der Waals surface area contributed by atoms with E-state index in [1.165, 1.54) is 43.3 Å². The second-order valence-electron chi connectivity index (χ2n) is 17.3. The molecule has 1 saturated carbocycles. The predicted molar refractivity (Wildman–Crippen MR) is 234 cm³/mol. The summed E-state index contributed by atoms with van der Waals surface area (Å²) in [6.07, 6.45) is 2.69. The minimum atomic E-state index is -4.49. The average Bonchev–Trinajstić information content (AvgIpc) is 3.61. The van der Waals surface area contributed by atoms with Gasteiger partial charge in [0.1, 0.15) is 23.9 Å². The van der Waals surface area contributed by atoms with Crippen molar-refractivity contribution in [1.29, 1.82) is 5.26 Å². The number of likely N-dealkylation sites (tertiary alicyclic amines) is 1. The molecular weight excluding hydrogens is 867 g/mol. The summed E-state index contributed by atoms with van der Waals surface area (Å²) in [4.78, 5) is 59.5. The van der Waals surface area contributed by atoms with E-state index >= 15 is 4.39 Å². The Morgan fingerprint density at radius 2 is 1.73 bits per heavy atom. The number of nitriles is 1. The van der Waals surface area contributed by atoms with Crippen LogP contribution >= 0.6 is 18.9 Å². The number of nitrogens with zero attached hydrogens (tertiary/aromatic N) is 3. The van der Waals surface area contributed by atoms with Crippen molar-refractivity contribution in [3.05, 3.63) is 100 Å².